The van der Waals surface area contributed by atoms with Gasteiger partial charge in [0.2, 0.25) is 23.6 Å². The molecule has 1 aliphatic heterocycles. The SMILES string of the molecule is CN[C@@H](C)C(=O)N[C@H](C(=O)N1CCC[C@H]1C(=O)N[C@@H](Cc1cccc(-c2c(C)cccc2C)c1)C(N)=O)C(C)C. The molecule has 40 heavy (non-hydrogen) atoms. The van der Waals surface area contributed by atoms with Crippen molar-refractivity contribution in [2.75, 3.05) is 13.6 Å². The molecule has 2 aromatic carbocycles. The number of aryl methyl sites for hydroxylation is 2. The molecule has 9 heteroatoms. The van der Waals surface area contributed by atoms with Crippen LogP contribution in [0.1, 0.15) is 50.3 Å². The number of nitrogens with one attached hydrogen (secondary N) is 3. The number of hydrogen-bond acceptors (Lipinski definition) is 5. The van der Waals surface area contributed by atoms with Crippen molar-refractivity contribution >= 4 is 23.6 Å². The summed E-state index contributed by atoms with van der Waals surface area (Å²) in [6.07, 6.45) is 1.35. The van der Waals surface area contributed by atoms with Crippen molar-refractivity contribution in [3.05, 3.63) is 59.2 Å². The van der Waals surface area contributed by atoms with E-state index in [-0.39, 0.29) is 24.2 Å². The summed E-state index contributed by atoms with van der Waals surface area (Å²) in [4.78, 5) is 53.3. The van der Waals surface area contributed by atoms with Crippen molar-refractivity contribution in [1.82, 2.24) is 20.9 Å². The van der Waals surface area contributed by atoms with Crippen LogP contribution in [0.4, 0.5) is 0 Å². The zero-order valence-corrected chi connectivity index (χ0v) is 24.4. The van der Waals surface area contributed by atoms with Crippen LogP contribution in [0.3, 0.4) is 0 Å². The minimum Gasteiger partial charge on any atom is -0.368 e. The second-order valence-corrected chi connectivity index (χ2v) is 11.1. The molecule has 3 rings (SSSR count). The summed E-state index contributed by atoms with van der Waals surface area (Å²) >= 11 is 0. The van der Waals surface area contributed by atoms with E-state index in [9.17, 15) is 19.2 Å². The molecule has 0 saturated carbocycles. The summed E-state index contributed by atoms with van der Waals surface area (Å²) in [5, 5.41) is 8.50. The molecule has 1 aliphatic rings. The highest BCUT2D eigenvalue weighted by molar-refractivity contribution is 5.95. The van der Waals surface area contributed by atoms with Gasteiger partial charge in [-0.1, -0.05) is 56.3 Å². The molecule has 9 nitrogen and oxygen atoms in total. The molecule has 1 saturated heterocycles. The van der Waals surface area contributed by atoms with E-state index in [4.69, 9.17) is 5.73 Å². The van der Waals surface area contributed by atoms with Gasteiger partial charge < -0.3 is 26.6 Å². The number of likely N-dealkylation sites (tertiary alicyclic amines) is 1. The maximum absolute atomic E-state index is 13.5. The maximum atomic E-state index is 13.5. The van der Waals surface area contributed by atoms with Gasteiger partial charge in [0.05, 0.1) is 6.04 Å². The molecule has 0 aliphatic carbocycles. The number of nitrogens with zero attached hydrogens (tertiary/aromatic N) is 1. The lowest BCUT2D eigenvalue weighted by Gasteiger charge is -2.31. The highest BCUT2D eigenvalue weighted by atomic mass is 16.2. The normalized spacial score (nSPS) is 17.3. The summed E-state index contributed by atoms with van der Waals surface area (Å²) in [5.41, 5.74) is 11.1. The number of carbonyl (C=O) groups excluding carboxylic acids is 4. The predicted molar refractivity (Wildman–Crippen MR) is 156 cm³/mol. The summed E-state index contributed by atoms with van der Waals surface area (Å²) < 4.78 is 0. The van der Waals surface area contributed by atoms with Crippen LogP contribution in [-0.2, 0) is 25.6 Å². The average molecular weight is 550 g/mol. The van der Waals surface area contributed by atoms with Gasteiger partial charge >= 0.3 is 0 Å². The number of benzene rings is 2. The van der Waals surface area contributed by atoms with Crippen LogP contribution in [0, 0.1) is 19.8 Å². The first-order valence-corrected chi connectivity index (χ1v) is 14.0. The molecule has 0 radical (unpaired) electrons. The van der Waals surface area contributed by atoms with Crippen LogP contribution in [0.15, 0.2) is 42.5 Å². The van der Waals surface area contributed by atoms with Crippen molar-refractivity contribution in [3.63, 3.8) is 0 Å². The molecule has 0 spiro atoms. The van der Waals surface area contributed by atoms with Crippen molar-refractivity contribution in [1.29, 1.82) is 0 Å². The Labute approximate surface area is 237 Å². The van der Waals surface area contributed by atoms with Crippen molar-refractivity contribution < 1.29 is 19.2 Å². The Balaban J connectivity index is 1.75. The minimum absolute atomic E-state index is 0.174. The fourth-order valence-electron chi connectivity index (χ4n) is 5.25. The second-order valence-electron chi connectivity index (χ2n) is 11.1. The van der Waals surface area contributed by atoms with Crippen LogP contribution >= 0.6 is 0 Å². The van der Waals surface area contributed by atoms with Gasteiger partial charge in [-0.3, -0.25) is 19.2 Å². The standard InChI is InChI=1S/C31H43N5O4/c1-18(2)27(35-29(38)21(5)33-6)31(40)36-15-9-14-25(36)30(39)34-24(28(32)37)17-22-12-8-13-23(16-22)26-19(3)10-7-11-20(26)4/h7-8,10-13,16,18,21,24-25,27,33H,9,14-15,17H2,1-6H3,(H2,32,37)(H,34,39)(H,35,38)/t21-,24-,25-,27-/m0/s1. The minimum atomic E-state index is -0.935. The Hall–Kier alpha value is -3.72. The van der Waals surface area contributed by atoms with E-state index in [0.717, 1.165) is 27.8 Å². The van der Waals surface area contributed by atoms with E-state index in [1.54, 1.807) is 14.0 Å². The number of carbonyl (C=O) groups is 4. The molecular weight excluding hydrogens is 506 g/mol. The van der Waals surface area contributed by atoms with E-state index in [1.165, 1.54) is 4.90 Å². The van der Waals surface area contributed by atoms with Crippen molar-refractivity contribution in [2.45, 2.75) is 78.0 Å². The van der Waals surface area contributed by atoms with Crippen LogP contribution in [0.5, 0.6) is 0 Å². The second kappa shape index (κ2) is 13.6. The first-order valence-electron chi connectivity index (χ1n) is 14.0. The largest absolute Gasteiger partial charge is 0.368 e. The monoisotopic (exact) mass is 549 g/mol. The fourth-order valence-corrected chi connectivity index (χ4v) is 5.25. The van der Waals surface area contributed by atoms with Gasteiger partial charge in [0.25, 0.3) is 0 Å². The van der Waals surface area contributed by atoms with E-state index >= 15 is 0 Å². The van der Waals surface area contributed by atoms with Crippen molar-refractivity contribution in [3.8, 4) is 11.1 Å². The number of hydrogen-bond donors (Lipinski definition) is 4. The molecule has 0 bridgehead atoms. The van der Waals surface area contributed by atoms with E-state index in [0.29, 0.717) is 19.4 Å². The third kappa shape index (κ3) is 7.27. The number of nitrogens with two attached hydrogens (primary N) is 1. The van der Waals surface area contributed by atoms with Gasteiger partial charge in [-0.2, -0.15) is 0 Å². The van der Waals surface area contributed by atoms with Crippen LogP contribution in [-0.4, -0.2) is 66.3 Å². The summed E-state index contributed by atoms with van der Waals surface area (Å²) in [5.74, 6) is -1.83. The lowest BCUT2D eigenvalue weighted by atomic mass is 9.93. The van der Waals surface area contributed by atoms with Gasteiger partial charge in [-0.05, 0) is 74.4 Å². The summed E-state index contributed by atoms with van der Waals surface area (Å²) in [6.45, 7) is 9.95. The third-order valence-corrected chi connectivity index (χ3v) is 7.69. The highest BCUT2D eigenvalue weighted by Crippen LogP contribution is 2.28. The average Bonchev–Trinajstić information content (AvgIpc) is 3.40. The molecule has 2 aromatic rings. The lowest BCUT2D eigenvalue weighted by molar-refractivity contribution is -0.143. The smallest absolute Gasteiger partial charge is 0.246 e. The molecular formula is C31H43N5O4. The molecule has 216 valence electrons. The first-order chi connectivity index (χ1) is 18.9. The van der Waals surface area contributed by atoms with Gasteiger partial charge in [0.15, 0.2) is 0 Å². The zero-order valence-electron chi connectivity index (χ0n) is 24.4. The Morgan fingerprint density at radius 3 is 2.25 bits per heavy atom. The molecule has 0 unspecified atom stereocenters. The molecule has 0 aromatic heterocycles. The van der Waals surface area contributed by atoms with Crippen LogP contribution < -0.4 is 21.7 Å². The van der Waals surface area contributed by atoms with E-state index in [2.05, 4.69) is 41.9 Å². The van der Waals surface area contributed by atoms with E-state index < -0.39 is 36.0 Å². The molecule has 4 atom stereocenters. The van der Waals surface area contributed by atoms with Gasteiger partial charge in [-0.25, -0.2) is 0 Å². The maximum Gasteiger partial charge on any atom is 0.246 e. The first kappa shape index (κ1) is 30.8. The van der Waals surface area contributed by atoms with Crippen molar-refractivity contribution in [2.24, 2.45) is 11.7 Å². The summed E-state index contributed by atoms with van der Waals surface area (Å²) in [6, 6.07) is 11.1. The molecule has 1 fully saturated rings. The number of rotatable bonds is 11. The predicted octanol–water partition coefficient (Wildman–Crippen LogP) is 2.22. The Kier molecular flexibility index (Phi) is 10.5. The molecule has 5 N–H and O–H groups in total. The topological polar surface area (TPSA) is 134 Å². The van der Waals surface area contributed by atoms with Crippen LogP contribution in [0.2, 0.25) is 0 Å². The fraction of sp³-hybridized carbons (Fsp3) is 0.484. The number of amides is 4. The molecule has 4 amide bonds. The quantitative estimate of drug-likeness (QED) is 0.341. The Bertz CT molecular complexity index is 1220. The highest BCUT2D eigenvalue weighted by Gasteiger charge is 2.39. The zero-order chi connectivity index (χ0) is 29.6. The number of primary amides is 1. The Morgan fingerprint density at radius 2 is 1.65 bits per heavy atom. The van der Waals surface area contributed by atoms with Gasteiger partial charge in [0.1, 0.15) is 18.1 Å². The van der Waals surface area contributed by atoms with Crippen LogP contribution in [0.25, 0.3) is 11.1 Å². The summed E-state index contributed by atoms with van der Waals surface area (Å²) in [7, 11) is 1.67. The van der Waals surface area contributed by atoms with E-state index in [1.807, 2.05) is 44.2 Å². The molecule has 1 heterocycles. The third-order valence-electron chi connectivity index (χ3n) is 7.69. The lowest BCUT2D eigenvalue weighted by Crippen LogP contribution is -2.58. The van der Waals surface area contributed by atoms with Gasteiger partial charge in [-0.15, -0.1) is 0 Å². The Morgan fingerprint density at radius 1 is 1.00 bits per heavy atom. The van der Waals surface area contributed by atoms with Gasteiger partial charge in [0, 0.05) is 13.0 Å². The number of likely N-dealkylation sites (N-methyl/N-ethyl adjacent to an activating group) is 1.